The molecule has 1 saturated carbocycles. The molecule has 138 valence electrons. The van der Waals surface area contributed by atoms with Crippen LogP contribution in [0, 0.1) is 6.92 Å². The maximum Gasteiger partial charge on any atom is 0.254 e. The van der Waals surface area contributed by atoms with Crippen LogP contribution in [0.5, 0.6) is 5.75 Å². The summed E-state index contributed by atoms with van der Waals surface area (Å²) in [5.41, 5.74) is 2.40. The van der Waals surface area contributed by atoms with Gasteiger partial charge in [0.2, 0.25) is 11.7 Å². The van der Waals surface area contributed by atoms with Crippen LogP contribution in [0.3, 0.4) is 0 Å². The number of nitrogens with zero attached hydrogens (tertiary/aromatic N) is 3. The molecule has 1 heterocycles. The van der Waals surface area contributed by atoms with Gasteiger partial charge in [0.25, 0.3) is 5.91 Å². The Kier molecular flexibility index (Phi) is 4.62. The molecular formula is C21H21N3O3. The Morgan fingerprint density at radius 3 is 2.74 bits per heavy atom. The number of benzene rings is 2. The number of rotatable bonds is 6. The highest BCUT2D eigenvalue weighted by molar-refractivity contribution is 5.95. The van der Waals surface area contributed by atoms with Gasteiger partial charge in [0, 0.05) is 36.2 Å². The molecule has 0 atom stereocenters. The number of carbonyl (C=O) groups excluding carboxylic acids is 1. The van der Waals surface area contributed by atoms with Gasteiger partial charge in [0.15, 0.2) is 0 Å². The van der Waals surface area contributed by atoms with Gasteiger partial charge in [-0.2, -0.15) is 4.98 Å². The summed E-state index contributed by atoms with van der Waals surface area (Å²) >= 11 is 0. The quantitative estimate of drug-likeness (QED) is 0.665. The Morgan fingerprint density at radius 2 is 2.04 bits per heavy atom. The van der Waals surface area contributed by atoms with E-state index in [2.05, 4.69) is 10.1 Å². The molecule has 1 aromatic heterocycles. The Hall–Kier alpha value is -3.15. The van der Waals surface area contributed by atoms with E-state index < -0.39 is 0 Å². The molecule has 0 radical (unpaired) electrons. The number of ether oxygens (including phenoxy) is 1. The lowest BCUT2D eigenvalue weighted by Crippen LogP contribution is -2.32. The second-order valence-electron chi connectivity index (χ2n) is 6.69. The molecule has 1 aliphatic rings. The van der Waals surface area contributed by atoms with Crippen molar-refractivity contribution in [2.24, 2.45) is 0 Å². The number of aryl methyl sites for hydroxylation is 1. The molecule has 0 bridgehead atoms. The van der Waals surface area contributed by atoms with Crippen molar-refractivity contribution >= 4 is 5.91 Å². The number of hydrogen-bond donors (Lipinski definition) is 0. The Balaban J connectivity index is 1.61. The van der Waals surface area contributed by atoms with Crippen LogP contribution in [0.2, 0.25) is 0 Å². The summed E-state index contributed by atoms with van der Waals surface area (Å²) in [6.45, 7) is 2.27. The van der Waals surface area contributed by atoms with Crippen molar-refractivity contribution in [1.29, 1.82) is 0 Å². The summed E-state index contributed by atoms with van der Waals surface area (Å²) in [5, 5.41) is 3.94. The molecule has 4 rings (SSSR count). The molecule has 6 nitrogen and oxygen atoms in total. The summed E-state index contributed by atoms with van der Waals surface area (Å²) in [6, 6.07) is 15.5. The highest BCUT2D eigenvalue weighted by Crippen LogP contribution is 2.32. The van der Waals surface area contributed by atoms with Gasteiger partial charge in [-0.05, 0) is 31.0 Å². The fourth-order valence-electron chi connectivity index (χ4n) is 3.14. The molecule has 6 heteroatoms. The van der Waals surface area contributed by atoms with Crippen molar-refractivity contribution in [3.05, 3.63) is 65.5 Å². The second kappa shape index (κ2) is 7.23. The molecule has 0 saturated heterocycles. The molecule has 0 unspecified atom stereocenters. The monoisotopic (exact) mass is 363 g/mol. The van der Waals surface area contributed by atoms with E-state index in [1.54, 1.807) is 14.0 Å². The van der Waals surface area contributed by atoms with Gasteiger partial charge < -0.3 is 14.2 Å². The van der Waals surface area contributed by atoms with Gasteiger partial charge in [-0.3, -0.25) is 4.79 Å². The first-order chi connectivity index (χ1) is 13.2. The van der Waals surface area contributed by atoms with Crippen molar-refractivity contribution in [1.82, 2.24) is 15.0 Å². The van der Waals surface area contributed by atoms with Crippen LogP contribution in [-0.4, -0.2) is 34.1 Å². The number of hydrogen-bond acceptors (Lipinski definition) is 5. The molecule has 3 aromatic rings. The van der Waals surface area contributed by atoms with E-state index in [1.807, 2.05) is 53.4 Å². The van der Waals surface area contributed by atoms with Crippen molar-refractivity contribution in [3.8, 4) is 17.1 Å². The van der Waals surface area contributed by atoms with E-state index in [-0.39, 0.29) is 11.9 Å². The summed E-state index contributed by atoms with van der Waals surface area (Å²) in [6.07, 6.45) is 2.06. The second-order valence-corrected chi connectivity index (χ2v) is 6.69. The summed E-state index contributed by atoms with van der Waals surface area (Å²) in [4.78, 5) is 19.4. The molecule has 0 N–H and O–H groups in total. The number of aromatic nitrogens is 2. The molecule has 1 aliphatic carbocycles. The van der Waals surface area contributed by atoms with Crippen LogP contribution < -0.4 is 4.74 Å². The molecule has 0 aliphatic heterocycles. The number of para-hydroxylation sites is 1. The third kappa shape index (κ3) is 3.69. The lowest BCUT2D eigenvalue weighted by molar-refractivity contribution is 0.0729. The summed E-state index contributed by atoms with van der Waals surface area (Å²) in [7, 11) is 1.65. The third-order valence-electron chi connectivity index (χ3n) is 4.68. The zero-order valence-corrected chi connectivity index (χ0v) is 15.4. The molecule has 1 amide bonds. The van der Waals surface area contributed by atoms with Gasteiger partial charge in [-0.1, -0.05) is 35.5 Å². The molecule has 27 heavy (non-hydrogen) atoms. The zero-order valence-electron chi connectivity index (χ0n) is 15.4. The Labute approximate surface area is 157 Å². The number of methoxy groups -OCH3 is 1. The fraction of sp³-hybridized carbons (Fsp3) is 0.286. The SMILES string of the molecule is COc1ccccc1CN(C(=O)c1cccc(-c2noc(C)n2)c1)C1CC1. The first-order valence-corrected chi connectivity index (χ1v) is 8.99. The fourth-order valence-corrected chi connectivity index (χ4v) is 3.14. The highest BCUT2D eigenvalue weighted by atomic mass is 16.5. The average Bonchev–Trinajstić information content (AvgIpc) is 3.45. The average molecular weight is 363 g/mol. The van der Waals surface area contributed by atoms with E-state index in [0.29, 0.717) is 23.8 Å². The standard InChI is InChI=1S/C21H21N3O3/c1-14-22-20(23-27-14)15-7-5-8-16(12-15)21(25)24(18-10-11-18)13-17-6-3-4-9-19(17)26-2/h3-9,12,18H,10-11,13H2,1-2H3. The molecule has 1 fully saturated rings. The van der Waals surface area contributed by atoms with Crippen LogP contribution >= 0.6 is 0 Å². The minimum absolute atomic E-state index is 0.00507. The van der Waals surface area contributed by atoms with Gasteiger partial charge in [0.05, 0.1) is 7.11 Å². The van der Waals surface area contributed by atoms with Crippen molar-refractivity contribution < 1.29 is 14.1 Å². The summed E-state index contributed by atoms with van der Waals surface area (Å²) < 4.78 is 10.5. The van der Waals surface area contributed by atoms with Gasteiger partial charge >= 0.3 is 0 Å². The molecular weight excluding hydrogens is 342 g/mol. The Morgan fingerprint density at radius 1 is 1.22 bits per heavy atom. The van der Waals surface area contributed by atoms with Crippen LogP contribution in [0.1, 0.15) is 34.7 Å². The van der Waals surface area contributed by atoms with Crippen LogP contribution in [-0.2, 0) is 6.54 Å². The zero-order chi connectivity index (χ0) is 18.8. The lowest BCUT2D eigenvalue weighted by Gasteiger charge is -2.24. The predicted octanol–water partition coefficient (Wildman–Crippen LogP) is 3.86. The van der Waals surface area contributed by atoms with Gasteiger partial charge in [-0.15, -0.1) is 0 Å². The van der Waals surface area contributed by atoms with Crippen LogP contribution in [0.15, 0.2) is 53.1 Å². The first kappa shape index (κ1) is 17.3. The van der Waals surface area contributed by atoms with Crippen molar-refractivity contribution in [3.63, 3.8) is 0 Å². The van der Waals surface area contributed by atoms with E-state index in [1.165, 1.54) is 0 Å². The summed E-state index contributed by atoms with van der Waals surface area (Å²) in [5.74, 6) is 1.79. The lowest BCUT2D eigenvalue weighted by atomic mass is 10.1. The minimum Gasteiger partial charge on any atom is -0.496 e. The topological polar surface area (TPSA) is 68.5 Å². The third-order valence-corrected chi connectivity index (χ3v) is 4.68. The van der Waals surface area contributed by atoms with E-state index >= 15 is 0 Å². The first-order valence-electron chi connectivity index (χ1n) is 8.99. The Bertz CT molecular complexity index is 963. The smallest absolute Gasteiger partial charge is 0.254 e. The number of carbonyl (C=O) groups is 1. The largest absolute Gasteiger partial charge is 0.496 e. The predicted molar refractivity (Wildman–Crippen MR) is 100 cm³/mol. The maximum absolute atomic E-state index is 13.2. The van der Waals surface area contributed by atoms with Crippen molar-refractivity contribution in [2.75, 3.05) is 7.11 Å². The molecule has 2 aromatic carbocycles. The minimum atomic E-state index is 0.00507. The molecule has 0 spiro atoms. The van der Waals surface area contributed by atoms with E-state index in [0.717, 1.165) is 29.7 Å². The van der Waals surface area contributed by atoms with Gasteiger partial charge in [0.1, 0.15) is 5.75 Å². The highest BCUT2D eigenvalue weighted by Gasteiger charge is 2.33. The van der Waals surface area contributed by atoms with Crippen molar-refractivity contribution in [2.45, 2.75) is 32.4 Å². The van der Waals surface area contributed by atoms with E-state index in [4.69, 9.17) is 9.26 Å². The van der Waals surface area contributed by atoms with Crippen LogP contribution in [0.25, 0.3) is 11.4 Å². The van der Waals surface area contributed by atoms with E-state index in [9.17, 15) is 4.79 Å². The number of amides is 1. The maximum atomic E-state index is 13.2. The van der Waals surface area contributed by atoms with Crippen LogP contribution in [0.4, 0.5) is 0 Å². The van der Waals surface area contributed by atoms with Gasteiger partial charge in [-0.25, -0.2) is 0 Å². The normalized spacial score (nSPS) is 13.4.